The molecular formula is C25H24BFO2. The average Bonchev–Trinajstić information content (AvgIpc) is 2.74. The zero-order valence-electron chi connectivity index (χ0n) is 16.8. The van der Waals surface area contributed by atoms with Crippen LogP contribution in [-0.2, 0) is 4.65 Å². The van der Waals surface area contributed by atoms with Crippen LogP contribution >= 0.6 is 0 Å². The van der Waals surface area contributed by atoms with E-state index in [-0.39, 0.29) is 17.8 Å². The fourth-order valence-electron chi connectivity index (χ4n) is 3.80. The van der Waals surface area contributed by atoms with Crippen molar-refractivity contribution in [3.05, 3.63) is 78.6 Å². The van der Waals surface area contributed by atoms with E-state index in [1.807, 2.05) is 62.4 Å². The van der Waals surface area contributed by atoms with Gasteiger partial charge in [0.05, 0.1) is 6.61 Å². The van der Waals surface area contributed by atoms with E-state index in [1.165, 1.54) is 6.07 Å². The molecule has 0 atom stereocenters. The third kappa shape index (κ3) is 3.78. The number of rotatable bonds is 6. The number of fused-ring (bicyclic) bond motifs is 2. The number of aliphatic hydroxyl groups excluding tert-OH is 1. The van der Waals surface area contributed by atoms with Crippen LogP contribution in [0.2, 0.25) is 0 Å². The molecule has 1 N–H and O–H groups in total. The number of aliphatic hydroxyl groups is 1. The van der Waals surface area contributed by atoms with Crippen molar-refractivity contribution in [3.63, 3.8) is 0 Å². The lowest BCUT2D eigenvalue weighted by molar-refractivity contribution is 0.101. The summed E-state index contributed by atoms with van der Waals surface area (Å²) in [5, 5.41) is 13.7. The molecule has 146 valence electrons. The van der Waals surface area contributed by atoms with Crippen molar-refractivity contribution in [2.24, 2.45) is 5.41 Å². The van der Waals surface area contributed by atoms with E-state index in [0.717, 1.165) is 32.6 Å². The van der Waals surface area contributed by atoms with Crippen molar-refractivity contribution in [1.82, 2.24) is 0 Å². The van der Waals surface area contributed by atoms with E-state index in [1.54, 1.807) is 6.07 Å². The maximum Gasteiger partial charge on any atom is 0.309 e. The van der Waals surface area contributed by atoms with E-state index in [0.29, 0.717) is 19.7 Å². The van der Waals surface area contributed by atoms with E-state index in [9.17, 15) is 9.50 Å². The molecule has 0 aliphatic rings. The van der Waals surface area contributed by atoms with E-state index in [4.69, 9.17) is 4.65 Å². The first kappa shape index (κ1) is 19.6. The molecule has 0 fully saturated rings. The molecule has 29 heavy (non-hydrogen) atoms. The van der Waals surface area contributed by atoms with E-state index >= 15 is 0 Å². The number of hydrogen-bond donors (Lipinski definition) is 1. The van der Waals surface area contributed by atoms with Crippen LogP contribution in [0.4, 0.5) is 4.39 Å². The van der Waals surface area contributed by atoms with E-state index in [2.05, 4.69) is 12.1 Å². The molecule has 0 heterocycles. The lowest BCUT2D eigenvalue weighted by atomic mass is 9.76. The molecule has 0 unspecified atom stereocenters. The molecule has 2 nitrogen and oxygen atoms in total. The minimum absolute atomic E-state index is 0.0702. The Morgan fingerprint density at radius 1 is 0.828 bits per heavy atom. The minimum atomic E-state index is -0.293. The monoisotopic (exact) mass is 386 g/mol. The second-order valence-electron chi connectivity index (χ2n) is 8.24. The molecule has 0 saturated carbocycles. The molecule has 0 bridgehead atoms. The van der Waals surface area contributed by atoms with Gasteiger partial charge in [-0.05, 0) is 33.1 Å². The van der Waals surface area contributed by atoms with Crippen LogP contribution in [0.1, 0.15) is 13.8 Å². The molecule has 0 amide bonds. The van der Waals surface area contributed by atoms with Crippen LogP contribution in [0.15, 0.2) is 72.8 Å². The highest BCUT2D eigenvalue weighted by molar-refractivity contribution is 6.56. The maximum atomic E-state index is 14.8. The van der Waals surface area contributed by atoms with Gasteiger partial charge in [0.1, 0.15) is 5.82 Å². The third-order valence-electron chi connectivity index (χ3n) is 5.35. The molecular weight excluding hydrogens is 362 g/mol. The topological polar surface area (TPSA) is 29.5 Å². The normalized spacial score (nSPS) is 11.9. The van der Waals surface area contributed by atoms with Gasteiger partial charge in [-0.25, -0.2) is 4.39 Å². The zero-order valence-corrected chi connectivity index (χ0v) is 16.8. The molecule has 0 aromatic heterocycles. The number of hydrogen-bond acceptors (Lipinski definition) is 2. The highest BCUT2D eigenvalue weighted by atomic mass is 19.1. The summed E-state index contributed by atoms with van der Waals surface area (Å²) in [5.41, 5.74) is 2.31. The summed E-state index contributed by atoms with van der Waals surface area (Å²) < 4.78 is 20.8. The summed E-state index contributed by atoms with van der Waals surface area (Å²) in [6, 6.07) is 23.1. The molecule has 0 aliphatic heterocycles. The Balaban J connectivity index is 1.94. The number of halogens is 1. The Morgan fingerprint density at radius 2 is 1.34 bits per heavy atom. The van der Waals surface area contributed by atoms with E-state index < -0.39 is 0 Å². The molecule has 4 aromatic carbocycles. The lowest BCUT2D eigenvalue weighted by Crippen LogP contribution is -2.29. The number of benzene rings is 4. The maximum absolute atomic E-state index is 14.8. The predicted molar refractivity (Wildman–Crippen MR) is 120 cm³/mol. The summed E-state index contributed by atoms with van der Waals surface area (Å²) in [6.07, 6.45) is 0. The lowest BCUT2D eigenvalue weighted by Gasteiger charge is -2.22. The Morgan fingerprint density at radius 3 is 1.90 bits per heavy atom. The summed E-state index contributed by atoms with van der Waals surface area (Å²) in [7, 11) is 0.433. The molecule has 0 saturated heterocycles. The van der Waals surface area contributed by atoms with Crippen LogP contribution < -0.4 is 5.46 Å². The van der Waals surface area contributed by atoms with Crippen molar-refractivity contribution < 1.29 is 14.2 Å². The van der Waals surface area contributed by atoms with Gasteiger partial charge in [-0.3, -0.25) is 0 Å². The van der Waals surface area contributed by atoms with Crippen molar-refractivity contribution in [2.75, 3.05) is 13.2 Å². The molecule has 0 radical (unpaired) electrons. The van der Waals surface area contributed by atoms with Gasteiger partial charge in [-0.2, -0.15) is 0 Å². The summed E-state index contributed by atoms with van der Waals surface area (Å²) >= 11 is 0. The smallest absolute Gasteiger partial charge is 0.309 e. The summed E-state index contributed by atoms with van der Waals surface area (Å²) in [5.74, 6) is -0.225. The van der Waals surface area contributed by atoms with Gasteiger partial charge in [0, 0.05) is 23.1 Å². The highest BCUT2D eigenvalue weighted by Crippen LogP contribution is 2.36. The van der Waals surface area contributed by atoms with Gasteiger partial charge < -0.3 is 9.76 Å². The van der Waals surface area contributed by atoms with Gasteiger partial charge in [0.2, 0.25) is 0 Å². The van der Waals surface area contributed by atoms with Crippen LogP contribution in [0.5, 0.6) is 0 Å². The van der Waals surface area contributed by atoms with Crippen molar-refractivity contribution in [2.45, 2.75) is 13.8 Å². The largest absolute Gasteiger partial charge is 0.434 e. The van der Waals surface area contributed by atoms with Crippen LogP contribution in [-0.4, -0.2) is 25.8 Å². The Labute approximate surface area is 171 Å². The van der Waals surface area contributed by atoms with Crippen molar-refractivity contribution >= 4 is 34.5 Å². The van der Waals surface area contributed by atoms with Crippen LogP contribution in [0, 0.1) is 11.2 Å². The molecule has 4 heteroatoms. The van der Waals surface area contributed by atoms with Crippen LogP contribution in [0.25, 0.3) is 32.7 Å². The molecule has 4 rings (SSSR count). The van der Waals surface area contributed by atoms with Crippen molar-refractivity contribution in [1.29, 1.82) is 0 Å². The highest BCUT2D eigenvalue weighted by Gasteiger charge is 2.20. The SMILES string of the molecule is CC(C)(CO)COBc1c2ccccc2c(-c2ccccc2F)c2ccccc12. The van der Waals surface area contributed by atoms with Gasteiger partial charge in [0.25, 0.3) is 0 Å². The third-order valence-corrected chi connectivity index (χ3v) is 5.35. The molecule has 4 aromatic rings. The van der Waals surface area contributed by atoms with Gasteiger partial charge in [-0.1, -0.05) is 80.6 Å². The second-order valence-corrected chi connectivity index (χ2v) is 8.24. The zero-order chi connectivity index (χ0) is 20.4. The van der Waals surface area contributed by atoms with Gasteiger partial charge in [-0.15, -0.1) is 0 Å². The first-order chi connectivity index (χ1) is 14.0. The van der Waals surface area contributed by atoms with Crippen LogP contribution in [0.3, 0.4) is 0 Å². The first-order valence-electron chi connectivity index (χ1n) is 9.88. The van der Waals surface area contributed by atoms with Gasteiger partial charge in [0.15, 0.2) is 0 Å². The minimum Gasteiger partial charge on any atom is -0.434 e. The van der Waals surface area contributed by atoms with Gasteiger partial charge >= 0.3 is 7.48 Å². The Hall–Kier alpha value is -2.69. The summed E-state index contributed by atoms with van der Waals surface area (Å²) in [6.45, 7) is 4.48. The Bertz CT molecular complexity index is 1110. The fourth-order valence-corrected chi connectivity index (χ4v) is 3.80. The quantitative estimate of drug-likeness (QED) is 0.381. The van der Waals surface area contributed by atoms with Crippen molar-refractivity contribution in [3.8, 4) is 11.1 Å². The fraction of sp³-hybridized carbons (Fsp3) is 0.200. The summed E-state index contributed by atoms with van der Waals surface area (Å²) in [4.78, 5) is 0. The Kier molecular flexibility index (Phi) is 5.40. The first-order valence-corrected chi connectivity index (χ1v) is 9.88. The molecule has 0 spiro atoms. The standard InChI is InChI=1S/C25H24BFO2/c1-25(2,15-28)16-29-26-24-19-11-5-3-9-17(19)23(18-10-4-6-12-20(18)24)21-13-7-8-14-22(21)27/h3-14,26,28H,15-16H2,1-2H3. The molecule has 0 aliphatic carbocycles. The average molecular weight is 386 g/mol. The predicted octanol–water partition coefficient (Wildman–Crippen LogP) is 4.81. The second kappa shape index (κ2) is 7.98.